The molecule has 0 bridgehead atoms. The van der Waals surface area contributed by atoms with Crippen molar-refractivity contribution in [3.8, 4) is 0 Å². The summed E-state index contributed by atoms with van der Waals surface area (Å²) in [5, 5.41) is 3.07. The molecule has 0 spiro atoms. The fourth-order valence-corrected chi connectivity index (χ4v) is 5.84. The minimum atomic E-state index is -3.54. The Morgan fingerprint density at radius 2 is 1.55 bits per heavy atom. The van der Waals surface area contributed by atoms with Crippen molar-refractivity contribution in [1.29, 1.82) is 0 Å². The molecule has 0 aliphatic carbocycles. The van der Waals surface area contributed by atoms with Gasteiger partial charge in [-0.1, -0.05) is 83.5 Å². The van der Waals surface area contributed by atoms with Crippen LogP contribution in [0.5, 0.6) is 0 Å². The fourth-order valence-electron chi connectivity index (χ4n) is 4.43. The fraction of sp³-hybridized carbons (Fsp3) is 0.355. The van der Waals surface area contributed by atoms with Gasteiger partial charge in [0.05, 0.1) is 11.9 Å². The van der Waals surface area contributed by atoms with E-state index in [1.165, 1.54) is 4.31 Å². The third-order valence-corrected chi connectivity index (χ3v) is 8.40. The summed E-state index contributed by atoms with van der Waals surface area (Å²) in [7, 11) is -3.54. The summed E-state index contributed by atoms with van der Waals surface area (Å²) in [6.45, 7) is 4.35. The second kappa shape index (κ2) is 15.0. The van der Waals surface area contributed by atoms with Gasteiger partial charge in [0, 0.05) is 36.4 Å². The first kappa shape index (κ1) is 31.4. The lowest BCUT2D eigenvalue weighted by Gasteiger charge is -2.32. The monoisotopic (exact) mass is 627 g/mol. The minimum Gasteiger partial charge on any atom is -0.352 e. The molecule has 0 aliphatic heterocycles. The number of rotatable bonds is 14. The van der Waals surface area contributed by atoms with Crippen molar-refractivity contribution >= 4 is 43.5 Å². The summed E-state index contributed by atoms with van der Waals surface area (Å²) in [6, 6.07) is 25.4. The first-order chi connectivity index (χ1) is 19.1. The Balaban J connectivity index is 1.88. The van der Waals surface area contributed by atoms with Gasteiger partial charge >= 0.3 is 0 Å². The molecule has 3 aromatic rings. The number of hydrogen-bond donors (Lipinski definition) is 1. The normalized spacial score (nSPS) is 12.8. The lowest BCUT2D eigenvalue weighted by atomic mass is 10.0. The predicted octanol–water partition coefficient (Wildman–Crippen LogP) is 5.55. The molecule has 7 nitrogen and oxygen atoms in total. The number of nitrogens with zero attached hydrogens (tertiary/aromatic N) is 2. The molecule has 3 rings (SSSR count). The first-order valence-corrected chi connectivity index (χ1v) is 16.1. The molecule has 40 heavy (non-hydrogen) atoms. The molecule has 0 radical (unpaired) electrons. The Bertz CT molecular complexity index is 1350. The molecule has 2 amide bonds. The summed E-state index contributed by atoms with van der Waals surface area (Å²) in [6.07, 6.45) is 2.69. The van der Waals surface area contributed by atoms with E-state index in [-0.39, 0.29) is 37.4 Å². The van der Waals surface area contributed by atoms with Crippen LogP contribution >= 0.6 is 15.9 Å². The Morgan fingerprint density at radius 3 is 2.15 bits per heavy atom. The highest BCUT2D eigenvalue weighted by Gasteiger charge is 2.31. The largest absolute Gasteiger partial charge is 0.352 e. The average molecular weight is 629 g/mol. The number of carbonyl (C=O) groups excluding carboxylic acids is 2. The van der Waals surface area contributed by atoms with E-state index in [4.69, 9.17) is 0 Å². The van der Waals surface area contributed by atoms with Crippen LogP contribution in [0.2, 0.25) is 0 Å². The molecule has 9 heteroatoms. The highest BCUT2D eigenvalue weighted by molar-refractivity contribution is 9.10. The van der Waals surface area contributed by atoms with Gasteiger partial charge in [0.15, 0.2) is 0 Å². The zero-order valence-corrected chi connectivity index (χ0v) is 25.7. The summed E-state index contributed by atoms with van der Waals surface area (Å²) in [5.41, 5.74) is 2.39. The molecule has 3 aromatic carbocycles. The van der Waals surface area contributed by atoms with E-state index in [0.29, 0.717) is 18.5 Å². The van der Waals surface area contributed by atoms with Crippen LogP contribution in [0.15, 0.2) is 89.4 Å². The van der Waals surface area contributed by atoms with Gasteiger partial charge in [0.1, 0.15) is 6.04 Å². The van der Waals surface area contributed by atoms with Crippen molar-refractivity contribution in [1.82, 2.24) is 10.2 Å². The molecule has 2 atom stereocenters. The quantitative estimate of drug-likeness (QED) is 0.254. The lowest BCUT2D eigenvalue weighted by Crippen LogP contribution is -2.52. The summed E-state index contributed by atoms with van der Waals surface area (Å²) in [4.78, 5) is 29.1. The summed E-state index contributed by atoms with van der Waals surface area (Å²) >= 11 is 3.50. The number of hydrogen-bond acceptors (Lipinski definition) is 4. The van der Waals surface area contributed by atoms with Crippen LogP contribution in [0.4, 0.5) is 5.69 Å². The van der Waals surface area contributed by atoms with Crippen LogP contribution in [0.1, 0.15) is 44.2 Å². The van der Waals surface area contributed by atoms with Crippen LogP contribution in [-0.4, -0.2) is 50.0 Å². The number of para-hydroxylation sites is 1. The van der Waals surface area contributed by atoms with Gasteiger partial charge in [-0.05, 0) is 55.2 Å². The predicted molar refractivity (Wildman–Crippen MR) is 164 cm³/mol. The van der Waals surface area contributed by atoms with Crippen molar-refractivity contribution in [2.75, 3.05) is 17.1 Å². The number of sulfonamides is 1. The molecule has 2 unspecified atom stereocenters. The highest BCUT2D eigenvalue weighted by atomic mass is 79.9. The SMILES string of the molecule is CCC(C)NC(=O)C(Cc1ccccc1)N(Cc1cccc(Br)c1)C(=O)CCCN(c1ccccc1)S(C)(=O)=O. The second-order valence-electron chi connectivity index (χ2n) is 9.95. The number of nitrogens with one attached hydrogen (secondary N) is 1. The molecule has 0 fully saturated rings. The number of benzene rings is 3. The average Bonchev–Trinajstić information content (AvgIpc) is 2.93. The smallest absolute Gasteiger partial charge is 0.243 e. The van der Waals surface area contributed by atoms with Gasteiger partial charge in [-0.25, -0.2) is 8.42 Å². The zero-order chi connectivity index (χ0) is 29.1. The van der Waals surface area contributed by atoms with Crippen LogP contribution in [-0.2, 0) is 32.6 Å². The van der Waals surface area contributed by atoms with E-state index in [0.717, 1.165) is 28.3 Å². The lowest BCUT2D eigenvalue weighted by molar-refractivity contribution is -0.141. The Kier molecular flexibility index (Phi) is 11.8. The number of anilines is 1. The van der Waals surface area contributed by atoms with E-state index >= 15 is 0 Å². The Labute approximate surface area is 246 Å². The van der Waals surface area contributed by atoms with Gasteiger partial charge < -0.3 is 10.2 Å². The van der Waals surface area contributed by atoms with Crippen molar-refractivity contribution in [3.63, 3.8) is 0 Å². The molecule has 0 aliphatic rings. The van der Waals surface area contributed by atoms with E-state index in [1.54, 1.807) is 29.2 Å². The van der Waals surface area contributed by atoms with Crippen molar-refractivity contribution in [3.05, 3.63) is 101 Å². The first-order valence-electron chi connectivity index (χ1n) is 13.5. The maximum Gasteiger partial charge on any atom is 0.243 e. The van der Waals surface area contributed by atoms with Gasteiger partial charge in [-0.3, -0.25) is 13.9 Å². The van der Waals surface area contributed by atoms with Gasteiger partial charge in [0.25, 0.3) is 0 Å². The van der Waals surface area contributed by atoms with Crippen LogP contribution in [0.3, 0.4) is 0 Å². The van der Waals surface area contributed by atoms with Gasteiger partial charge in [0.2, 0.25) is 21.8 Å². The third-order valence-electron chi connectivity index (χ3n) is 6.71. The molecule has 0 aromatic heterocycles. The number of amides is 2. The Hall–Kier alpha value is -3.17. The van der Waals surface area contributed by atoms with Gasteiger partial charge in [-0.15, -0.1) is 0 Å². The molecule has 0 saturated heterocycles. The topological polar surface area (TPSA) is 86.8 Å². The molecular weight excluding hydrogens is 590 g/mol. The van der Waals surface area contributed by atoms with E-state index in [2.05, 4.69) is 21.2 Å². The molecular formula is C31H38BrN3O4S. The number of halogens is 1. The van der Waals surface area contributed by atoms with Gasteiger partial charge in [-0.2, -0.15) is 0 Å². The highest BCUT2D eigenvalue weighted by Crippen LogP contribution is 2.21. The Morgan fingerprint density at radius 1 is 0.925 bits per heavy atom. The zero-order valence-electron chi connectivity index (χ0n) is 23.3. The van der Waals surface area contributed by atoms with Crippen LogP contribution in [0.25, 0.3) is 0 Å². The summed E-state index contributed by atoms with van der Waals surface area (Å²) < 4.78 is 27.2. The van der Waals surface area contributed by atoms with Crippen LogP contribution in [0, 0.1) is 0 Å². The third kappa shape index (κ3) is 9.48. The maximum atomic E-state index is 13.9. The van der Waals surface area contributed by atoms with Crippen molar-refractivity contribution < 1.29 is 18.0 Å². The molecule has 214 valence electrons. The van der Waals surface area contributed by atoms with E-state index < -0.39 is 16.1 Å². The van der Waals surface area contributed by atoms with E-state index in [9.17, 15) is 18.0 Å². The van der Waals surface area contributed by atoms with Crippen molar-refractivity contribution in [2.24, 2.45) is 0 Å². The molecule has 1 N–H and O–H groups in total. The standard InChI is InChI=1S/C31H38BrN3O4S/c1-4-24(2)33-31(37)29(22-25-13-7-5-8-14-25)34(23-26-15-11-16-27(32)21-26)30(36)19-12-20-35(40(3,38)39)28-17-9-6-10-18-28/h5-11,13-18,21,24,29H,4,12,19-20,22-23H2,1-3H3,(H,33,37). The molecule has 0 heterocycles. The van der Waals surface area contributed by atoms with Crippen LogP contribution < -0.4 is 9.62 Å². The maximum absolute atomic E-state index is 13.9. The van der Waals surface area contributed by atoms with Crippen molar-refractivity contribution in [2.45, 2.75) is 58.2 Å². The second-order valence-corrected chi connectivity index (χ2v) is 12.8. The van der Waals surface area contributed by atoms with E-state index in [1.807, 2.05) is 74.5 Å². The summed E-state index contributed by atoms with van der Waals surface area (Å²) in [5.74, 6) is -0.412. The number of carbonyl (C=O) groups is 2. The minimum absolute atomic E-state index is 0.0391. The molecule has 0 saturated carbocycles.